The lowest BCUT2D eigenvalue weighted by Gasteiger charge is -2.15. The largest absolute Gasteiger partial charge is 0.481 e. The average molecular weight is 293 g/mol. The fourth-order valence-electron chi connectivity index (χ4n) is 1.74. The number of benzene rings is 1. The van der Waals surface area contributed by atoms with E-state index in [0.29, 0.717) is 24.2 Å². The first-order valence-electron chi connectivity index (χ1n) is 6.48. The molecule has 0 bridgehead atoms. The maximum absolute atomic E-state index is 11.8. The molecule has 0 radical (unpaired) electrons. The number of nitrogens with two attached hydrogens (primary N) is 1. The van der Waals surface area contributed by atoms with Gasteiger partial charge in [0.05, 0.1) is 6.54 Å². The minimum Gasteiger partial charge on any atom is -0.481 e. The second-order valence-corrected chi connectivity index (χ2v) is 4.72. The van der Waals surface area contributed by atoms with E-state index in [1.807, 2.05) is 0 Å². The van der Waals surface area contributed by atoms with Gasteiger partial charge in [-0.15, -0.1) is 0 Å². The Balaban J connectivity index is 2.39. The Morgan fingerprint density at radius 3 is 2.38 bits per heavy atom. The quantitative estimate of drug-likeness (QED) is 0.647. The van der Waals surface area contributed by atoms with Gasteiger partial charge in [-0.3, -0.25) is 19.3 Å². The molecule has 114 valence electrons. The Morgan fingerprint density at radius 2 is 1.86 bits per heavy atom. The van der Waals surface area contributed by atoms with Crippen LogP contribution in [0.2, 0.25) is 0 Å². The van der Waals surface area contributed by atoms with Gasteiger partial charge in [-0.1, -0.05) is 0 Å². The third-order valence-electron chi connectivity index (χ3n) is 2.80. The SMILES string of the molecule is CN(CCCC(=O)O)CC(=O)Nc1ccc(C(N)=O)cc1. The standard InChI is InChI=1S/C14H19N3O4/c1-17(8-2-3-13(19)20)9-12(18)16-11-6-4-10(5-7-11)14(15)21/h4-7H,2-3,8-9H2,1H3,(H2,15,21)(H,16,18)(H,19,20). The molecule has 0 spiro atoms. The van der Waals surface area contributed by atoms with Crippen LogP contribution in [-0.2, 0) is 9.59 Å². The molecule has 0 unspecified atom stereocenters. The smallest absolute Gasteiger partial charge is 0.303 e. The third-order valence-corrected chi connectivity index (χ3v) is 2.80. The van der Waals surface area contributed by atoms with Crippen molar-refractivity contribution >= 4 is 23.5 Å². The van der Waals surface area contributed by atoms with Crippen LogP contribution in [-0.4, -0.2) is 47.9 Å². The molecule has 0 atom stereocenters. The summed E-state index contributed by atoms with van der Waals surface area (Å²) in [5.74, 6) is -1.58. The summed E-state index contributed by atoms with van der Waals surface area (Å²) < 4.78 is 0. The summed E-state index contributed by atoms with van der Waals surface area (Å²) in [6.45, 7) is 0.692. The Hall–Kier alpha value is -2.41. The predicted octanol–water partition coefficient (Wildman–Crippen LogP) is 0.521. The number of anilines is 1. The van der Waals surface area contributed by atoms with Crippen LogP contribution in [0.1, 0.15) is 23.2 Å². The molecule has 21 heavy (non-hydrogen) atoms. The van der Waals surface area contributed by atoms with Crippen LogP contribution < -0.4 is 11.1 Å². The first kappa shape index (κ1) is 16.6. The van der Waals surface area contributed by atoms with Crippen LogP contribution in [0.25, 0.3) is 0 Å². The second kappa shape index (κ2) is 8.01. The van der Waals surface area contributed by atoms with E-state index in [9.17, 15) is 14.4 Å². The summed E-state index contributed by atoms with van der Waals surface area (Å²) in [5.41, 5.74) is 6.07. The van der Waals surface area contributed by atoms with Crippen molar-refractivity contribution in [2.75, 3.05) is 25.5 Å². The van der Waals surface area contributed by atoms with Crippen molar-refractivity contribution in [2.45, 2.75) is 12.8 Å². The number of carbonyl (C=O) groups is 3. The van der Waals surface area contributed by atoms with Gasteiger partial charge < -0.3 is 16.2 Å². The number of aliphatic carboxylic acids is 1. The van der Waals surface area contributed by atoms with Gasteiger partial charge in [0.15, 0.2) is 0 Å². The number of carboxylic acids is 1. The number of nitrogens with zero attached hydrogens (tertiary/aromatic N) is 1. The molecule has 0 aliphatic carbocycles. The predicted molar refractivity (Wildman–Crippen MR) is 78.0 cm³/mol. The van der Waals surface area contributed by atoms with Crippen LogP contribution >= 0.6 is 0 Å². The number of rotatable bonds is 8. The molecule has 0 saturated carbocycles. The topological polar surface area (TPSA) is 113 Å². The van der Waals surface area contributed by atoms with Crippen LogP contribution in [0.15, 0.2) is 24.3 Å². The van der Waals surface area contributed by atoms with E-state index in [2.05, 4.69) is 5.32 Å². The summed E-state index contributed by atoms with van der Waals surface area (Å²) in [7, 11) is 1.75. The van der Waals surface area contributed by atoms with E-state index in [1.165, 1.54) is 12.1 Å². The molecule has 4 N–H and O–H groups in total. The first-order chi connectivity index (χ1) is 9.88. The Kier molecular flexibility index (Phi) is 6.35. The number of hydrogen-bond acceptors (Lipinski definition) is 4. The second-order valence-electron chi connectivity index (χ2n) is 4.72. The molecule has 0 aromatic heterocycles. The van der Waals surface area contributed by atoms with E-state index >= 15 is 0 Å². The van der Waals surface area contributed by atoms with E-state index in [1.54, 1.807) is 24.1 Å². The average Bonchev–Trinajstić information content (AvgIpc) is 2.38. The highest BCUT2D eigenvalue weighted by atomic mass is 16.4. The maximum Gasteiger partial charge on any atom is 0.303 e. The van der Waals surface area contributed by atoms with Crippen LogP contribution in [0.4, 0.5) is 5.69 Å². The lowest BCUT2D eigenvalue weighted by Crippen LogP contribution is -2.31. The van der Waals surface area contributed by atoms with Gasteiger partial charge in [0.25, 0.3) is 0 Å². The van der Waals surface area contributed by atoms with Crippen molar-refractivity contribution in [1.29, 1.82) is 0 Å². The van der Waals surface area contributed by atoms with Crippen LogP contribution in [0, 0.1) is 0 Å². The van der Waals surface area contributed by atoms with Gasteiger partial charge in [0, 0.05) is 17.7 Å². The molecule has 0 aliphatic heterocycles. The summed E-state index contributed by atoms with van der Waals surface area (Å²) in [4.78, 5) is 34.8. The van der Waals surface area contributed by atoms with Crippen molar-refractivity contribution in [2.24, 2.45) is 5.73 Å². The summed E-state index contributed by atoms with van der Waals surface area (Å²) in [5, 5.41) is 11.2. The zero-order valence-corrected chi connectivity index (χ0v) is 11.8. The van der Waals surface area contributed by atoms with Crippen LogP contribution in [0.3, 0.4) is 0 Å². The molecule has 1 aromatic rings. The number of likely N-dealkylation sites (N-methyl/N-ethyl adjacent to an activating group) is 1. The summed E-state index contributed by atoms with van der Waals surface area (Å²) in [6.07, 6.45) is 0.576. The van der Waals surface area contributed by atoms with E-state index in [4.69, 9.17) is 10.8 Å². The molecule has 0 saturated heterocycles. The van der Waals surface area contributed by atoms with E-state index in [0.717, 1.165) is 0 Å². The highest BCUT2D eigenvalue weighted by molar-refractivity contribution is 5.95. The molecule has 0 fully saturated rings. The zero-order chi connectivity index (χ0) is 15.8. The Labute approximate surface area is 122 Å². The minimum absolute atomic E-state index is 0.0839. The van der Waals surface area contributed by atoms with Crippen molar-refractivity contribution < 1.29 is 19.5 Å². The van der Waals surface area contributed by atoms with Crippen molar-refractivity contribution in [3.05, 3.63) is 29.8 Å². The van der Waals surface area contributed by atoms with E-state index in [-0.39, 0.29) is 18.9 Å². The molecule has 0 heterocycles. The van der Waals surface area contributed by atoms with Crippen molar-refractivity contribution in [3.8, 4) is 0 Å². The van der Waals surface area contributed by atoms with Gasteiger partial charge in [0.2, 0.25) is 11.8 Å². The number of hydrogen-bond donors (Lipinski definition) is 3. The molecule has 2 amide bonds. The monoisotopic (exact) mass is 293 g/mol. The van der Waals surface area contributed by atoms with Gasteiger partial charge >= 0.3 is 5.97 Å². The highest BCUT2D eigenvalue weighted by Gasteiger charge is 2.08. The van der Waals surface area contributed by atoms with E-state index < -0.39 is 11.9 Å². The lowest BCUT2D eigenvalue weighted by atomic mass is 10.2. The van der Waals surface area contributed by atoms with Gasteiger partial charge in [-0.2, -0.15) is 0 Å². The normalized spacial score (nSPS) is 10.4. The number of carboxylic acid groups (broad SMARTS) is 1. The highest BCUT2D eigenvalue weighted by Crippen LogP contribution is 2.09. The molecule has 7 heteroatoms. The molecule has 7 nitrogen and oxygen atoms in total. The molecular formula is C14H19N3O4. The van der Waals surface area contributed by atoms with Gasteiger partial charge in [0.1, 0.15) is 0 Å². The molecule has 0 aliphatic rings. The number of nitrogens with one attached hydrogen (secondary N) is 1. The Bertz CT molecular complexity index is 513. The first-order valence-corrected chi connectivity index (χ1v) is 6.48. The van der Waals surface area contributed by atoms with Gasteiger partial charge in [-0.05, 0) is 44.3 Å². The molecule has 1 aromatic carbocycles. The van der Waals surface area contributed by atoms with Crippen LogP contribution in [0.5, 0.6) is 0 Å². The minimum atomic E-state index is -0.845. The number of primary amides is 1. The van der Waals surface area contributed by atoms with Crippen molar-refractivity contribution in [1.82, 2.24) is 4.90 Å². The lowest BCUT2D eigenvalue weighted by molar-refractivity contribution is -0.137. The van der Waals surface area contributed by atoms with Gasteiger partial charge in [-0.25, -0.2) is 0 Å². The van der Waals surface area contributed by atoms with Crippen molar-refractivity contribution in [3.63, 3.8) is 0 Å². The third kappa shape index (κ3) is 6.53. The Morgan fingerprint density at radius 1 is 1.24 bits per heavy atom. The molecule has 1 rings (SSSR count). The fraction of sp³-hybridized carbons (Fsp3) is 0.357. The number of amides is 2. The molecular weight excluding hydrogens is 274 g/mol. The fourth-order valence-corrected chi connectivity index (χ4v) is 1.74. The summed E-state index contributed by atoms with van der Waals surface area (Å²) in [6, 6.07) is 6.27. The maximum atomic E-state index is 11.8. The zero-order valence-electron chi connectivity index (χ0n) is 11.8. The number of carbonyl (C=O) groups excluding carboxylic acids is 2. The summed E-state index contributed by atoms with van der Waals surface area (Å²) >= 11 is 0.